The zero-order chi connectivity index (χ0) is 15.5. The first-order valence-electron chi connectivity index (χ1n) is 6.53. The molecule has 0 bridgehead atoms. The zero-order valence-electron chi connectivity index (χ0n) is 11.9. The third-order valence-electron chi connectivity index (χ3n) is 3.04. The van der Waals surface area contributed by atoms with Crippen molar-refractivity contribution in [2.24, 2.45) is 0 Å². The molecule has 0 aliphatic heterocycles. The highest BCUT2D eigenvalue weighted by atomic mass is 79.9. The standard InChI is InChI=1S/C13H18BrN3O2S2/c1-3-17-9-12(6-10(17)7-15-2)21(18,19)16-8-11-4-5-13(14)20-11/h4-6,9,15-16H,3,7-8H2,1-2H3. The van der Waals surface area contributed by atoms with E-state index >= 15 is 0 Å². The first-order valence-corrected chi connectivity index (χ1v) is 9.63. The summed E-state index contributed by atoms with van der Waals surface area (Å²) in [6.07, 6.45) is 1.68. The van der Waals surface area contributed by atoms with E-state index in [0.29, 0.717) is 18.0 Å². The Balaban J connectivity index is 2.15. The summed E-state index contributed by atoms with van der Waals surface area (Å²) in [4.78, 5) is 1.28. The molecular formula is C13H18BrN3O2S2. The van der Waals surface area contributed by atoms with Crippen LogP contribution in [0.1, 0.15) is 17.5 Å². The van der Waals surface area contributed by atoms with Crippen LogP contribution < -0.4 is 10.0 Å². The molecule has 2 N–H and O–H groups in total. The highest BCUT2D eigenvalue weighted by molar-refractivity contribution is 9.11. The first kappa shape index (κ1) is 16.7. The molecule has 116 valence electrons. The molecule has 0 aliphatic carbocycles. The Kier molecular flexibility index (Phi) is 5.61. The lowest BCUT2D eigenvalue weighted by molar-refractivity contribution is 0.581. The minimum Gasteiger partial charge on any atom is -0.349 e. The first-order chi connectivity index (χ1) is 9.96. The van der Waals surface area contributed by atoms with Gasteiger partial charge in [-0.05, 0) is 48.1 Å². The van der Waals surface area contributed by atoms with E-state index in [4.69, 9.17) is 0 Å². The summed E-state index contributed by atoms with van der Waals surface area (Å²) < 4.78 is 30.3. The number of nitrogens with one attached hydrogen (secondary N) is 2. The van der Waals surface area contributed by atoms with Crippen molar-refractivity contribution in [3.05, 3.63) is 38.8 Å². The maximum atomic E-state index is 12.3. The van der Waals surface area contributed by atoms with Gasteiger partial charge in [0, 0.05) is 36.4 Å². The Morgan fingerprint density at radius 2 is 2.10 bits per heavy atom. The highest BCUT2D eigenvalue weighted by Gasteiger charge is 2.18. The molecule has 0 radical (unpaired) electrons. The molecule has 0 amide bonds. The van der Waals surface area contributed by atoms with E-state index in [9.17, 15) is 8.42 Å². The molecule has 0 aromatic carbocycles. The fraction of sp³-hybridized carbons (Fsp3) is 0.385. The van der Waals surface area contributed by atoms with Gasteiger partial charge >= 0.3 is 0 Å². The second kappa shape index (κ2) is 7.06. The highest BCUT2D eigenvalue weighted by Crippen LogP contribution is 2.22. The molecular weight excluding hydrogens is 374 g/mol. The number of hydrogen-bond donors (Lipinski definition) is 2. The van der Waals surface area contributed by atoms with Crippen LogP contribution in [0.3, 0.4) is 0 Å². The van der Waals surface area contributed by atoms with E-state index in [1.165, 1.54) is 11.3 Å². The van der Waals surface area contributed by atoms with E-state index in [1.54, 1.807) is 12.3 Å². The summed E-state index contributed by atoms with van der Waals surface area (Å²) in [5.74, 6) is 0. The van der Waals surface area contributed by atoms with Crippen molar-refractivity contribution in [1.29, 1.82) is 0 Å². The van der Waals surface area contributed by atoms with Gasteiger partial charge < -0.3 is 9.88 Å². The maximum Gasteiger partial charge on any atom is 0.242 e. The van der Waals surface area contributed by atoms with Crippen molar-refractivity contribution < 1.29 is 8.42 Å². The lowest BCUT2D eigenvalue weighted by Crippen LogP contribution is -2.22. The smallest absolute Gasteiger partial charge is 0.242 e. The van der Waals surface area contributed by atoms with Crippen LogP contribution in [-0.4, -0.2) is 20.0 Å². The molecule has 2 heterocycles. The molecule has 0 saturated carbocycles. The fourth-order valence-corrected chi connectivity index (χ4v) is 4.58. The summed E-state index contributed by atoms with van der Waals surface area (Å²) in [5, 5.41) is 3.04. The molecule has 5 nitrogen and oxygen atoms in total. The molecule has 8 heteroatoms. The summed E-state index contributed by atoms with van der Waals surface area (Å²) >= 11 is 4.89. The summed E-state index contributed by atoms with van der Waals surface area (Å²) in [7, 11) is -1.65. The minimum atomic E-state index is -3.49. The van der Waals surface area contributed by atoms with Gasteiger partial charge in [0.15, 0.2) is 0 Å². The SMILES string of the molecule is CCn1cc(S(=O)(=O)NCc2ccc(Br)s2)cc1CNC. The number of aromatic nitrogens is 1. The van der Waals surface area contributed by atoms with Gasteiger partial charge in [0.05, 0.1) is 8.68 Å². The summed E-state index contributed by atoms with van der Waals surface area (Å²) in [5.41, 5.74) is 0.958. The van der Waals surface area contributed by atoms with Crippen LogP contribution >= 0.6 is 27.3 Å². The second-order valence-electron chi connectivity index (χ2n) is 4.51. The second-order valence-corrected chi connectivity index (χ2v) is 8.83. The van der Waals surface area contributed by atoms with Gasteiger partial charge in [-0.1, -0.05) is 0 Å². The van der Waals surface area contributed by atoms with Gasteiger partial charge in [-0.3, -0.25) is 0 Å². The van der Waals surface area contributed by atoms with Crippen LogP contribution in [0.5, 0.6) is 0 Å². The average Bonchev–Trinajstić information content (AvgIpc) is 3.04. The van der Waals surface area contributed by atoms with Crippen LogP contribution in [0.25, 0.3) is 0 Å². The molecule has 0 spiro atoms. The Morgan fingerprint density at radius 3 is 2.67 bits per heavy atom. The predicted octanol–water partition coefficient (Wildman–Crippen LogP) is 2.53. The Labute approximate surface area is 137 Å². The van der Waals surface area contributed by atoms with Crippen LogP contribution in [0, 0.1) is 0 Å². The molecule has 0 fully saturated rings. The van der Waals surface area contributed by atoms with E-state index in [1.807, 2.05) is 30.7 Å². The molecule has 2 rings (SSSR count). The molecule has 21 heavy (non-hydrogen) atoms. The van der Waals surface area contributed by atoms with Crippen molar-refractivity contribution >= 4 is 37.3 Å². The number of aryl methyl sites for hydroxylation is 1. The zero-order valence-corrected chi connectivity index (χ0v) is 15.1. The summed E-state index contributed by atoms with van der Waals surface area (Å²) in [6.45, 7) is 3.68. The maximum absolute atomic E-state index is 12.3. The van der Waals surface area contributed by atoms with Crippen molar-refractivity contribution in [2.75, 3.05) is 7.05 Å². The van der Waals surface area contributed by atoms with Crippen LogP contribution in [0.4, 0.5) is 0 Å². The average molecular weight is 392 g/mol. The van der Waals surface area contributed by atoms with E-state index < -0.39 is 10.0 Å². The van der Waals surface area contributed by atoms with E-state index in [2.05, 4.69) is 26.0 Å². The molecule has 0 aliphatic rings. The topological polar surface area (TPSA) is 63.1 Å². The number of sulfonamides is 1. The van der Waals surface area contributed by atoms with Crippen LogP contribution in [0.2, 0.25) is 0 Å². The molecule has 0 saturated heterocycles. The van der Waals surface area contributed by atoms with Gasteiger partial charge in [0.25, 0.3) is 0 Å². The summed E-state index contributed by atoms with van der Waals surface area (Å²) in [6, 6.07) is 5.53. The Bertz CT molecular complexity index is 707. The minimum absolute atomic E-state index is 0.303. The van der Waals surface area contributed by atoms with Gasteiger partial charge in [-0.2, -0.15) is 0 Å². The largest absolute Gasteiger partial charge is 0.349 e. The van der Waals surface area contributed by atoms with Gasteiger partial charge in [-0.15, -0.1) is 11.3 Å². The van der Waals surface area contributed by atoms with Gasteiger partial charge in [-0.25, -0.2) is 13.1 Å². The van der Waals surface area contributed by atoms with Gasteiger partial charge in [0.2, 0.25) is 10.0 Å². The monoisotopic (exact) mass is 391 g/mol. The lowest BCUT2D eigenvalue weighted by Gasteiger charge is -2.04. The molecule has 2 aromatic rings. The third-order valence-corrected chi connectivity index (χ3v) is 6.03. The lowest BCUT2D eigenvalue weighted by atomic mass is 10.4. The number of halogens is 1. The molecule has 0 unspecified atom stereocenters. The van der Waals surface area contributed by atoms with E-state index in [-0.39, 0.29) is 0 Å². The van der Waals surface area contributed by atoms with E-state index in [0.717, 1.165) is 20.9 Å². The molecule has 0 atom stereocenters. The normalized spacial score (nSPS) is 12.0. The third kappa shape index (κ3) is 4.17. The number of rotatable bonds is 7. The van der Waals surface area contributed by atoms with Crippen molar-refractivity contribution in [2.45, 2.75) is 31.5 Å². The van der Waals surface area contributed by atoms with Gasteiger partial charge in [0.1, 0.15) is 0 Å². The van der Waals surface area contributed by atoms with Crippen molar-refractivity contribution in [3.8, 4) is 0 Å². The Morgan fingerprint density at radius 1 is 1.33 bits per heavy atom. The predicted molar refractivity (Wildman–Crippen MR) is 88.9 cm³/mol. The van der Waals surface area contributed by atoms with Crippen molar-refractivity contribution in [3.63, 3.8) is 0 Å². The Hall–Kier alpha value is -0.670. The van der Waals surface area contributed by atoms with Crippen molar-refractivity contribution in [1.82, 2.24) is 14.6 Å². The number of hydrogen-bond acceptors (Lipinski definition) is 4. The van der Waals surface area contributed by atoms with Crippen LogP contribution in [-0.2, 0) is 29.7 Å². The number of nitrogens with zero attached hydrogens (tertiary/aromatic N) is 1. The molecule has 2 aromatic heterocycles. The number of thiophene rings is 1. The quantitative estimate of drug-likeness (QED) is 0.761. The fourth-order valence-electron chi connectivity index (χ4n) is 1.99. The van der Waals surface area contributed by atoms with Crippen LogP contribution in [0.15, 0.2) is 33.1 Å².